The standard InChI is InChI=1S/C60H79Cl2N9O18/c1-60(2)39-88-22-19-70(60)58(80)56-47-38-89-50-34-49(83-3)45(33-46(50)57(47)71(65-56)44-31-41(61)30-42(62)32-44)40-5-4-6-43(29-40)64-52(73)9-20-84-23-25-86-27-28-87-26-24-85-21-10-63-51(72)8-7-48(59(81)82)69-17-15-67(36-54(76)77)13-11-66(35-53(74)75)12-14-68(16-18-69)37-55(78)79/h4-6,29-34,48H,7-28,35-39H2,1-3H3,(H,63,72)(H,64,73)(H,74,75)(H,76,77)(H,78,79)(H,81,82). The maximum Gasteiger partial charge on any atom is 0.320 e. The average molecular weight is 1290 g/mol. The van der Waals surface area contributed by atoms with Gasteiger partial charge >= 0.3 is 23.9 Å². The van der Waals surface area contributed by atoms with E-state index in [0.29, 0.717) is 75.1 Å². The fraction of sp³-hybridized carbons (Fsp3) is 0.533. The molecule has 27 nitrogen and oxygen atoms in total. The molecule has 4 aromatic rings. The number of carbonyl (C=O) groups excluding carboxylic acids is 3. The van der Waals surface area contributed by atoms with Crippen LogP contribution in [0.3, 0.4) is 0 Å². The van der Waals surface area contributed by atoms with Crippen LogP contribution in [0.25, 0.3) is 28.1 Å². The summed E-state index contributed by atoms with van der Waals surface area (Å²) in [7, 11) is 1.56. The fourth-order valence-electron chi connectivity index (χ4n) is 10.6. The number of rotatable bonds is 31. The van der Waals surface area contributed by atoms with Gasteiger partial charge in [-0.25, -0.2) is 4.68 Å². The molecule has 3 aliphatic heterocycles. The number of hydrogen-bond acceptors (Lipinski definition) is 19. The van der Waals surface area contributed by atoms with Crippen molar-refractivity contribution in [3.05, 3.63) is 75.9 Å². The Hall–Kier alpha value is -7.02. The number of ether oxygens (including phenoxy) is 7. The quantitative estimate of drug-likeness (QED) is 0.0389. The Bertz CT molecular complexity index is 3040. The van der Waals surface area contributed by atoms with Crippen molar-refractivity contribution < 1.29 is 87.1 Å². The van der Waals surface area contributed by atoms with Crippen molar-refractivity contribution in [3.63, 3.8) is 0 Å². The van der Waals surface area contributed by atoms with Crippen LogP contribution in [0.1, 0.15) is 49.2 Å². The van der Waals surface area contributed by atoms with Gasteiger partial charge in [0.25, 0.3) is 5.91 Å². The van der Waals surface area contributed by atoms with Gasteiger partial charge in [-0.2, -0.15) is 5.10 Å². The SMILES string of the molecule is COc1cc2c(cc1-c1cccc(NC(=O)CCOCCOCCOCCOCCNC(=O)CCC(C(=O)O)N3CCN(CC(=O)O)CCN(CC(=O)O)CCN(CC(=O)O)CC3)c1)-c1c(c(C(=O)N3CCOCC3(C)C)nn1-c1cc(Cl)cc(Cl)c1)CO2. The number of nitrogens with one attached hydrogen (secondary N) is 2. The predicted octanol–water partition coefficient (Wildman–Crippen LogP) is 3.89. The molecule has 486 valence electrons. The van der Waals surface area contributed by atoms with Crippen molar-refractivity contribution in [2.45, 2.75) is 51.3 Å². The Morgan fingerprint density at radius 2 is 1.25 bits per heavy atom. The summed E-state index contributed by atoms with van der Waals surface area (Å²) in [5.41, 5.74) is 4.05. The molecule has 2 fully saturated rings. The minimum Gasteiger partial charge on any atom is -0.496 e. The second kappa shape index (κ2) is 34.3. The lowest BCUT2D eigenvalue weighted by molar-refractivity contribution is -0.145. The van der Waals surface area contributed by atoms with Crippen molar-refractivity contribution in [2.24, 2.45) is 0 Å². The van der Waals surface area contributed by atoms with Crippen molar-refractivity contribution in [2.75, 3.05) is 164 Å². The van der Waals surface area contributed by atoms with Crippen LogP contribution in [0.15, 0.2) is 54.6 Å². The molecule has 3 aromatic carbocycles. The number of amides is 3. The summed E-state index contributed by atoms with van der Waals surface area (Å²) in [6, 6.07) is 15.0. The number of hydrogen-bond donors (Lipinski definition) is 6. The number of carboxylic acids is 4. The molecule has 0 aliphatic carbocycles. The number of methoxy groups -OCH3 is 1. The number of fused-ring (bicyclic) bond motifs is 3. The third-order valence-electron chi connectivity index (χ3n) is 15.0. The number of aliphatic carboxylic acids is 4. The Balaban J connectivity index is 0.793. The Kier molecular flexibility index (Phi) is 26.7. The van der Waals surface area contributed by atoms with E-state index in [9.17, 15) is 54.0 Å². The van der Waals surface area contributed by atoms with Gasteiger partial charge in [0.2, 0.25) is 11.8 Å². The number of benzene rings is 3. The Labute approximate surface area is 525 Å². The van der Waals surface area contributed by atoms with Crippen molar-refractivity contribution in [1.29, 1.82) is 0 Å². The lowest BCUT2D eigenvalue weighted by Crippen LogP contribution is -2.55. The summed E-state index contributed by atoms with van der Waals surface area (Å²) in [5.74, 6) is -4.36. The summed E-state index contributed by atoms with van der Waals surface area (Å²) in [4.78, 5) is 95.9. The second-order valence-corrected chi connectivity index (χ2v) is 22.9. The zero-order valence-electron chi connectivity index (χ0n) is 50.3. The maximum atomic E-state index is 14.4. The minimum absolute atomic E-state index is 0.0641. The molecular formula is C60H79Cl2N9O18. The maximum absolute atomic E-state index is 14.4. The Morgan fingerprint density at radius 3 is 1.81 bits per heavy atom. The molecule has 0 spiro atoms. The highest BCUT2D eigenvalue weighted by Gasteiger charge is 2.40. The highest BCUT2D eigenvalue weighted by atomic mass is 35.5. The van der Waals surface area contributed by atoms with E-state index in [2.05, 4.69) is 10.6 Å². The van der Waals surface area contributed by atoms with Crippen molar-refractivity contribution in [3.8, 4) is 39.6 Å². The summed E-state index contributed by atoms with van der Waals surface area (Å²) in [6.07, 6.45) is -0.119. The normalized spacial score (nSPS) is 16.4. The van der Waals surface area contributed by atoms with Gasteiger partial charge in [-0.05, 0) is 62.2 Å². The number of carbonyl (C=O) groups is 7. The highest BCUT2D eigenvalue weighted by molar-refractivity contribution is 6.34. The third-order valence-corrected chi connectivity index (χ3v) is 15.5. The van der Waals surface area contributed by atoms with E-state index in [1.165, 1.54) is 0 Å². The second-order valence-electron chi connectivity index (χ2n) is 22.0. The summed E-state index contributed by atoms with van der Waals surface area (Å²) >= 11 is 13.0. The molecule has 89 heavy (non-hydrogen) atoms. The van der Waals surface area contributed by atoms with E-state index in [4.69, 9.17) is 61.5 Å². The lowest BCUT2D eigenvalue weighted by atomic mass is 9.95. The molecule has 2 saturated heterocycles. The zero-order valence-corrected chi connectivity index (χ0v) is 51.8. The molecule has 1 aromatic heterocycles. The number of anilines is 1. The first-order valence-corrected chi connectivity index (χ1v) is 30.1. The monoisotopic (exact) mass is 1280 g/mol. The number of nitrogens with zero attached hydrogens (tertiary/aromatic N) is 7. The van der Waals surface area contributed by atoms with Gasteiger partial charge in [0.05, 0.1) is 116 Å². The van der Waals surface area contributed by atoms with Crippen LogP contribution in [0, 0.1) is 0 Å². The lowest BCUT2D eigenvalue weighted by Gasteiger charge is -2.41. The van der Waals surface area contributed by atoms with Crippen LogP contribution in [-0.4, -0.2) is 266 Å². The first kappa shape index (κ1) is 69.5. The van der Waals surface area contributed by atoms with Crippen LogP contribution < -0.4 is 20.1 Å². The van der Waals surface area contributed by atoms with Crippen molar-refractivity contribution in [1.82, 2.24) is 39.6 Å². The van der Waals surface area contributed by atoms with Crippen LogP contribution in [0.4, 0.5) is 5.69 Å². The summed E-state index contributed by atoms with van der Waals surface area (Å²) in [6.45, 7) is 7.43. The van der Waals surface area contributed by atoms with E-state index < -0.39 is 41.4 Å². The highest BCUT2D eigenvalue weighted by Crippen LogP contribution is 2.47. The molecule has 1 unspecified atom stereocenters. The molecule has 0 saturated carbocycles. The fourth-order valence-corrected chi connectivity index (χ4v) is 11.1. The molecule has 3 amide bonds. The van der Waals surface area contributed by atoms with E-state index in [1.807, 2.05) is 38.1 Å². The predicted molar refractivity (Wildman–Crippen MR) is 325 cm³/mol. The molecule has 6 N–H and O–H groups in total. The largest absolute Gasteiger partial charge is 0.496 e. The first-order valence-electron chi connectivity index (χ1n) is 29.3. The molecule has 3 aliphatic rings. The number of carboxylic acid groups (broad SMARTS) is 4. The number of aromatic nitrogens is 2. The zero-order chi connectivity index (χ0) is 64.0. The topological polar surface area (TPSA) is 323 Å². The van der Waals surface area contributed by atoms with Gasteiger partial charge in [0.1, 0.15) is 24.1 Å². The first-order chi connectivity index (χ1) is 42.7. The smallest absolute Gasteiger partial charge is 0.320 e. The number of morpholine rings is 1. The Morgan fingerprint density at radius 1 is 0.674 bits per heavy atom. The van der Waals surface area contributed by atoms with E-state index in [1.54, 1.807) is 66.6 Å². The molecule has 0 radical (unpaired) electrons. The van der Waals surface area contributed by atoms with Crippen LogP contribution in [0.5, 0.6) is 11.5 Å². The molecule has 7 rings (SSSR count). The van der Waals surface area contributed by atoms with Crippen LogP contribution >= 0.6 is 23.2 Å². The summed E-state index contributed by atoms with van der Waals surface area (Å²) in [5, 5.41) is 50.1. The molecule has 4 heterocycles. The molecular weight excluding hydrogens is 1210 g/mol. The minimum atomic E-state index is -1.19. The number of halogens is 2. The van der Waals surface area contributed by atoms with Gasteiger partial charge in [-0.3, -0.25) is 53.2 Å². The van der Waals surface area contributed by atoms with Crippen LogP contribution in [-0.2, 0) is 59.1 Å². The summed E-state index contributed by atoms with van der Waals surface area (Å²) < 4.78 is 42.0. The van der Waals surface area contributed by atoms with E-state index in [-0.39, 0.29) is 175 Å². The van der Waals surface area contributed by atoms with Gasteiger partial charge in [0.15, 0.2) is 5.69 Å². The van der Waals surface area contributed by atoms with Gasteiger partial charge in [-0.1, -0.05) is 35.3 Å². The van der Waals surface area contributed by atoms with Crippen molar-refractivity contribution >= 4 is 70.5 Å². The molecule has 0 bridgehead atoms. The molecule has 29 heteroatoms. The van der Waals surface area contributed by atoms with E-state index in [0.717, 1.165) is 5.56 Å². The van der Waals surface area contributed by atoms with E-state index >= 15 is 0 Å². The third kappa shape index (κ3) is 21.0. The van der Waals surface area contributed by atoms with Gasteiger partial charge < -0.3 is 69.1 Å². The van der Waals surface area contributed by atoms with Crippen LogP contribution in [0.2, 0.25) is 10.0 Å². The van der Waals surface area contributed by atoms with Gasteiger partial charge in [0, 0.05) is 110 Å². The average Bonchev–Trinajstić information content (AvgIpc) is 1.65. The molecule has 1 atom stereocenters. The van der Waals surface area contributed by atoms with Gasteiger partial charge in [-0.15, -0.1) is 0 Å².